The average Bonchev–Trinajstić information content (AvgIpc) is 3.58. The van der Waals surface area contributed by atoms with Gasteiger partial charge in [0.25, 0.3) is 5.91 Å². The minimum atomic E-state index is -0.0336. The van der Waals surface area contributed by atoms with Crippen molar-refractivity contribution in [3.63, 3.8) is 0 Å². The number of allylic oxidation sites excluding steroid dienone is 5. The van der Waals surface area contributed by atoms with Gasteiger partial charge in [-0.1, -0.05) is 48.6 Å². The number of rotatable bonds is 7. The minimum Gasteiger partial charge on any atom is -0.337 e. The maximum Gasteiger partial charge on any atom is 0.274 e. The first-order valence-electron chi connectivity index (χ1n) is 11.0. The molecule has 1 fully saturated rings. The summed E-state index contributed by atoms with van der Waals surface area (Å²) < 4.78 is 0. The van der Waals surface area contributed by atoms with Crippen molar-refractivity contribution in [2.75, 3.05) is 13.1 Å². The number of nitrogens with zero attached hydrogens (tertiary/aromatic N) is 4. The molecule has 31 heavy (non-hydrogen) atoms. The summed E-state index contributed by atoms with van der Waals surface area (Å²) in [6.45, 7) is 3.52. The Morgan fingerprint density at radius 3 is 2.74 bits per heavy atom. The number of carbonyl (C=O) groups excluding carboxylic acids is 1. The number of aliphatic imine (C=N–C) groups is 1. The molecule has 1 amide bonds. The van der Waals surface area contributed by atoms with Crippen LogP contribution in [-0.4, -0.2) is 39.6 Å². The van der Waals surface area contributed by atoms with Gasteiger partial charge in [-0.2, -0.15) is 0 Å². The first-order valence-corrected chi connectivity index (χ1v) is 11.0. The first-order chi connectivity index (χ1) is 15.2. The third-order valence-corrected chi connectivity index (χ3v) is 6.13. The maximum absolute atomic E-state index is 13.6. The van der Waals surface area contributed by atoms with Crippen molar-refractivity contribution in [2.24, 2.45) is 10.9 Å². The Morgan fingerprint density at radius 2 is 1.94 bits per heavy atom. The molecule has 156 valence electrons. The summed E-state index contributed by atoms with van der Waals surface area (Å²) in [6.07, 6.45) is 13.7. The zero-order valence-electron chi connectivity index (χ0n) is 17.8. The van der Waals surface area contributed by atoms with E-state index in [0.717, 1.165) is 36.4 Å². The van der Waals surface area contributed by atoms with E-state index in [9.17, 15) is 4.79 Å². The Balaban J connectivity index is 1.39. The molecule has 3 aliphatic rings. The van der Waals surface area contributed by atoms with Crippen molar-refractivity contribution in [3.05, 3.63) is 83.5 Å². The van der Waals surface area contributed by atoms with Crippen molar-refractivity contribution in [3.8, 4) is 11.3 Å². The van der Waals surface area contributed by atoms with Gasteiger partial charge in [-0.05, 0) is 37.7 Å². The van der Waals surface area contributed by atoms with Crippen molar-refractivity contribution < 1.29 is 4.79 Å². The summed E-state index contributed by atoms with van der Waals surface area (Å²) in [5, 5.41) is 0. The first kappa shape index (κ1) is 19.6. The summed E-state index contributed by atoms with van der Waals surface area (Å²) in [6, 6.07) is 9.82. The molecule has 0 spiro atoms. The van der Waals surface area contributed by atoms with E-state index in [1.54, 1.807) is 12.4 Å². The predicted molar refractivity (Wildman–Crippen MR) is 123 cm³/mol. The molecular formula is C26H26N4O. The summed E-state index contributed by atoms with van der Waals surface area (Å²) in [7, 11) is 0. The Morgan fingerprint density at radius 1 is 1.13 bits per heavy atom. The average molecular weight is 411 g/mol. The molecule has 1 aliphatic heterocycles. The van der Waals surface area contributed by atoms with Crippen LogP contribution in [0.25, 0.3) is 11.3 Å². The Kier molecular flexibility index (Phi) is 5.33. The highest BCUT2D eigenvalue weighted by Gasteiger charge is 2.30. The number of hydrogen-bond donors (Lipinski definition) is 0. The van der Waals surface area contributed by atoms with Crippen LogP contribution in [0.1, 0.15) is 43.1 Å². The van der Waals surface area contributed by atoms with Crippen LogP contribution in [0.15, 0.2) is 82.8 Å². The highest BCUT2D eigenvalue weighted by atomic mass is 16.2. The van der Waals surface area contributed by atoms with E-state index in [0.29, 0.717) is 23.9 Å². The zero-order valence-corrected chi connectivity index (χ0v) is 17.8. The Hall–Kier alpha value is -3.34. The third-order valence-electron chi connectivity index (χ3n) is 6.13. The van der Waals surface area contributed by atoms with Gasteiger partial charge in [0.2, 0.25) is 0 Å². The second-order valence-electron chi connectivity index (χ2n) is 8.40. The van der Waals surface area contributed by atoms with Gasteiger partial charge < -0.3 is 4.90 Å². The molecule has 5 heteroatoms. The van der Waals surface area contributed by atoms with Gasteiger partial charge in [0.1, 0.15) is 5.69 Å². The fourth-order valence-corrected chi connectivity index (χ4v) is 4.30. The van der Waals surface area contributed by atoms with Gasteiger partial charge in [0, 0.05) is 48.7 Å². The highest BCUT2D eigenvalue weighted by Crippen LogP contribution is 2.34. The highest BCUT2D eigenvalue weighted by molar-refractivity contribution is 6.08. The second kappa shape index (κ2) is 8.42. The second-order valence-corrected chi connectivity index (χ2v) is 8.40. The summed E-state index contributed by atoms with van der Waals surface area (Å²) in [5.74, 6) is 0.567. The number of fused-ring (bicyclic) bond motifs is 1. The normalized spacial score (nSPS) is 17.3. The van der Waals surface area contributed by atoms with Crippen LogP contribution in [0.4, 0.5) is 0 Å². The lowest BCUT2D eigenvalue weighted by Crippen LogP contribution is -2.35. The molecule has 0 N–H and O–H groups in total. The summed E-state index contributed by atoms with van der Waals surface area (Å²) in [5.41, 5.74) is 6.72. The molecule has 0 bridgehead atoms. The number of hydrogen-bond acceptors (Lipinski definition) is 4. The van der Waals surface area contributed by atoms with E-state index in [1.807, 2.05) is 35.2 Å². The molecule has 0 saturated heterocycles. The van der Waals surface area contributed by atoms with Crippen LogP contribution < -0.4 is 0 Å². The predicted octanol–water partition coefficient (Wildman–Crippen LogP) is 5.00. The Labute approximate surface area is 182 Å². The number of benzene rings is 1. The van der Waals surface area contributed by atoms with Crippen LogP contribution >= 0.6 is 0 Å². The molecule has 2 aromatic rings. The molecule has 0 radical (unpaired) electrons. The van der Waals surface area contributed by atoms with Gasteiger partial charge in [0.05, 0.1) is 5.71 Å². The van der Waals surface area contributed by atoms with Crippen LogP contribution in [0.2, 0.25) is 0 Å². The molecule has 2 aliphatic carbocycles. The maximum atomic E-state index is 13.6. The number of amides is 1. The summed E-state index contributed by atoms with van der Waals surface area (Å²) in [4.78, 5) is 29.3. The van der Waals surface area contributed by atoms with Crippen LogP contribution in [0.5, 0.6) is 0 Å². The molecule has 1 saturated carbocycles. The van der Waals surface area contributed by atoms with Crippen molar-refractivity contribution in [2.45, 2.75) is 32.6 Å². The van der Waals surface area contributed by atoms with Gasteiger partial charge in [-0.15, -0.1) is 0 Å². The van der Waals surface area contributed by atoms with E-state index in [4.69, 9.17) is 4.99 Å². The van der Waals surface area contributed by atoms with Gasteiger partial charge in [-0.25, -0.2) is 4.98 Å². The Bertz CT molecular complexity index is 1120. The molecule has 5 rings (SSSR count). The van der Waals surface area contributed by atoms with Crippen LogP contribution in [-0.2, 0) is 0 Å². The lowest BCUT2D eigenvalue weighted by atomic mass is 9.94. The third kappa shape index (κ3) is 4.13. The lowest BCUT2D eigenvalue weighted by Gasteiger charge is -2.24. The van der Waals surface area contributed by atoms with Crippen molar-refractivity contribution in [1.29, 1.82) is 0 Å². The zero-order chi connectivity index (χ0) is 21.2. The van der Waals surface area contributed by atoms with E-state index in [2.05, 4.69) is 35.1 Å². The van der Waals surface area contributed by atoms with Crippen LogP contribution in [0, 0.1) is 5.92 Å². The van der Waals surface area contributed by atoms with Gasteiger partial charge >= 0.3 is 0 Å². The molecule has 2 heterocycles. The fraction of sp³-hybridized carbons (Fsp3) is 0.308. The molecular weight excluding hydrogens is 384 g/mol. The molecule has 5 nitrogen and oxygen atoms in total. The summed E-state index contributed by atoms with van der Waals surface area (Å²) >= 11 is 0. The SMILES string of the molecule is CC1=C(CCN(CC2CC2)C(=O)c2nccnc2-c2ccccc2)C2=CC=CCC2=N1. The van der Waals surface area contributed by atoms with E-state index in [-0.39, 0.29) is 5.91 Å². The molecule has 1 aromatic carbocycles. The van der Waals surface area contributed by atoms with Gasteiger partial charge in [-0.3, -0.25) is 14.8 Å². The molecule has 0 unspecified atom stereocenters. The number of carbonyl (C=O) groups is 1. The van der Waals surface area contributed by atoms with E-state index < -0.39 is 0 Å². The van der Waals surface area contributed by atoms with Crippen molar-refractivity contribution >= 4 is 11.6 Å². The molecule has 1 aromatic heterocycles. The molecule has 0 atom stereocenters. The van der Waals surface area contributed by atoms with Crippen LogP contribution in [0.3, 0.4) is 0 Å². The van der Waals surface area contributed by atoms with E-state index >= 15 is 0 Å². The lowest BCUT2D eigenvalue weighted by molar-refractivity contribution is 0.0744. The topological polar surface area (TPSA) is 58.5 Å². The van der Waals surface area contributed by atoms with E-state index in [1.165, 1.54) is 24.0 Å². The van der Waals surface area contributed by atoms with Crippen molar-refractivity contribution in [1.82, 2.24) is 14.9 Å². The van der Waals surface area contributed by atoms with Gasteiger partial charge in [0.15, 0.2) is 5.69 Å². The number of aromatic nitrogens is 2. The standard InChI is InChI=1S/C26H26N4O/c1-18-21(22-9-5-6-10-23(22)29-18)13-16-30(17-19-11-12-19)26(31)25-24(27-14-15-28-25)20-7-3-2-4-8-20/h2-9,14-15,19H,10-13,16-17H2,1H3. The fourth-order valence-electron chi connectivity index (χ4n) is 4.30. The largest absolute Gasteiger partial charge is 0.337 e. The minimum absolute atomic E-state index is 0.0336. The quantitative estimate of drug-likeness (QED) is 0.645. The monoisotopic (exact) mass is 410 g/mol. The smallest absolute Gasteiger partial charge is 0.274 e.